The van der Waals surface area contributed by atoms with Gasteiger partial charge in [0.2, 0.25) is 0 Å². The van der Waals surface area contributed by atoms with Gasteiger partial charge in [-0.2, -0.15) is 0 Å². The topological polar surface area (TPSA) is 32.6 Å². The highest BCUT2D eigenvalue weighted by Crippen LogP contribution is 1.86. The lowest BCUT2D eigenvalue weighted by molar-refractivity contribution is 0.275. The maximum Gasteiger partial charge on any atom is 0.114 e. The molecular formula is C3H8NOP. The molecule has 0 saturated heterocycles. The second-order valence-electron chi connectivity index (χ2n) is 1.15. The molecule has 1 N–H and O–H groups in total. The number of nitrogens with zero attached hydrogens (tertiary/aromatic N) is 1. The van der Waals surface area contributed by atoms with Crippen LogP contribution in [0, 0.1) is 0 Å². The maximum atomic E-state index is 8.28. The van der Waals surface area contributed by atoms with E-state index in [4.69, 9.17) is 6.39 Å². The van der Waals surface area contributed by atoms with E-state index in [0.29, 0.717) is 0 Å². The minimum absolute atomic E-state index is 0.0475. The normalized spacial score (nSPS) is 18.0. The molecular weight excluding hydrogens is 97.0 g/mol. The van der Waals surface area contributed by atoms with Crippen LogP contribution in [0.5, 0.6) is 0 Å². The van der Waals surface area contributed by atoms with Crippen LogP contribution >= 0.6 is 8.98 Å². The Bertz CT molecular complexity index is 68.0. The van der Waals surface area contributed by atoms with Crippen molar-refractivity contribution in [1.82, 2.24) is 0 Å². The largest absolute Gasteiger partial charge is 0.394 e. The summed E-state index contributed by atoms with van der Waals surface area (Å²) in [6, 6.07) is -0.0702. The summed E-state index contributed by atoms with van der Waals surface area (Å²) in [6.45, 7) is 1.81. The Kier molecular flexibility index (Phi) is 2.29. The number of rotatable bonds is 2. The van der Waals surface area contributed by atoms with Crippen LogP contribution in [0.25, 0.3) is 0 Å². The average Bonchev–Trinajstić information content (AvgIpc) is 1.68. The second-order valence-corrected chi connectivity index (χ2v) is 1.38. The third-order valence-electron chi connectivity index (χ3n) is 0.461. The van der Waals surface area contributed by atoms with Gasteiger partial charge in [0.15, 0.2) is 0 Å². The highest BCUT2D eigenvalue weighted by molar-refractivity contribution is 7.04. The fourth-order valence-electron chi connectivity index (χ4n) is 0.0365. The molecule has 0 aliphatic rings. The number of aliphatic hydroxyl groups is 1. The monoisotopic (exact) mass is 106 g/mol. The van der Waals surface area contributed by atoms with Crippen LogP contribution in [0.3, 0.4) is 0 Å². The predicted octanol–water partition coefficient (Wildman–Crippen LogP) is 0.694. The summed E-state index contributed by atoms with van der Waals surface area (Å²) >= 11 is 0. The van der Waals surface area contributed by atoms with Gasteiger partial charge in [-0.25, -0.2) is 0 Å². The fourth-order valence-corrected chi connectivity index (χ4v) is 0.110. The molecule has 36 valence electrons. The molecule has 0 bridgehead atoms. The minimum Gasteiger partial charge on any atom is -0.394 e. The molecule has 0 aliphatic heterocycles. The van der Waals surface area contributed by atoms with E-state index in [1.165, 1.54) is 0 Å². The highest BCUT2D eigenvalue weighted by Gasteiger charge is 1.87. The fraction of sp³-hybridized carbons (Fsp3) is 1.00. The lowest BCUT2D eigenvalue weighted by Crippen LogP contribution is -2.00. The van der Waals surface area contributed by atoms with Gasteiger partial charge in [-0.05, 0) is 15.9 Å². The van der Waals surface area contributed by atoms with Gasteiger partial charge in [0.25, 0.3) is 0 Å². The zero-order valence-electron chi connectivity index (χ0n) is 4.63. The Morgan fingerprint density at radius 1 is 2.33 bits per heavy atom. The second kappa shape index (κ2) is 3.26. The molecule has 1 atom stereocenters. The van der Waals surface area contributed by atoms with Crippen LogP contribution < -0.4 is 0 Å². The predicted molar refractivity (Wildman–Crippen MR) is 27.3 cm³/mol. The average molecular weight is 106 g/mol. The van der Waals surface area contributed by atoms with E-state index in [1.54, 1.807) is 6.92 Å². The van der Waals surface area contributed by atoms with Crippen molar-refractivity contribution < 1.29 is 5.11 Å². The molecule has 1 unspecified atom stereocenters. The number of hydrogen-bond donors (Lipinski definition) is 1. The molecule has 0 rings (SSSR count). The van der Waals surface area contributed by atoms with E-state index in [2.05, 4.69) is 4.74 Å². The lowest BCUT2D eigenvalue weighted by Gasteiger charge is -1.92. The first-order valence-electron chi connectivity index (χ1n) is 2.21. The number of hydrogen-bond acceptors (Lipinski definition) is 2. The van der Waals surface area contributed by atoms with Gasteiger partial charge in [0.05, 0.1) is 12.6 Å². The standard InChI is InChI=1S/C3H8NOP/c1-3(2-5)4-6/h3,5-6H,2H2,1H3/i6D. The summed E-state index contributed by atoms with van der Waals surface area (Å²) in [5, 5.41) is 8.28. The Hall–Kier alpha value is 0.0600. The molecule has 0 aromatic carbocycles. The van der Waals surface area contributed by atoms with E-state index in [9.17, 15) is 0 Å². The zero-order valence-corrected chi connectivity index (χ0v) is 4.52. The third-order valence-corrected chi connectivity index (χ3v) is 0.856. The molecule has 0 aliphatic carbocycles. The van der Waals surface area contributed by atoms with Crippen molar-refractivity contribution in [2.45, 2.75) is 13.0 Å². The SMILES string of the molecule is [2H]P=NC(C)CO. The lowest BCUT2D eigenvalue weighted by atomic mass is 10.4. The van der Waals surface area contributed by atoms with Crippen molar-refractivity contribution >= 4 is 8.98 Å². The first-order chi connectivity index (χ1) is 3.31. The van der Waals surface area contributed by atoms with Gasteiger partial charge in [-0.1, -0.05) is 0 Å². The molecule has 6 heavy (non-hydrogen) atoms. The Labute approximate surface area is 40.8 Å². The first kappa shape index (κ1) is 4.23. The minimum atomic E-state index is -0.0702. The number of aliphatic hydroxyl groups excluding tert-OH is 1. The van der Waals surface area contributed by atoms with Crippen molar-refractivity contribution in [1.29, 1.82) is 1.28 Å². The van der Waals surface area contributed by atoms with Crippen molar-refractivity contribution in [2.24, 2.45) is 4.74 Å². The molecule has 0 saturated carbocycles. The van der Waals surface area contributed by atoms with E-state index < -0.39 is 0 Å². The summed E-state index contributed by atoms with van der Waals surface area (Å²) in [5.41, 5.74) is 0. The molecule has 0 radical (unpaired) electrons. The molecule has 0 aromatic heterocycles. The molecule has 0 spiro atoms. The molecule has 3 heteroatoms. The molecule has 0 aromatic rings. The van der Waals surface area contributed by atoms with Crippen molar-refractivity contribution in [3.05, 3.63) is 0 Å². The molecule has 0 amide bonds. The molecule has 2 nitrogen and oxygen atoms in total. The first-order valence-corrected chi connectivity index (χ1v) is 2.16. The van der Waals surface area contributed by atoms with Gasteiger partial charge in [0.1, 0.15) is 1.28 Å². The van der Waals surface area contributed by atoms with Crippen LogP contribution in [-0.2, 0) is 0 Å². The maximum absolute atomic E-state index is 8.28. The summed E-state index contributed by atoms with van der Waals surface area (Å²) in [5.74, 6) is 0. The highest BCUT2D eigenvalue weighted by atomic mass is 31.0. The van der Waals surface area contributed by atoms with Gasteiger partial charge < -0.3 is 5.11 Å². The van der Waals surface area contributed by atoms with Gasteiger partial charge >= 0.3 is 0 Å². The smallest absolute Gasteiger partial charge is 0.114 e. The quantitative estimate of drug-likeness (QED) is 0.516. The molecule has 0 fully saturated rings. The summed E-state index contributed by atoms with van der Waals surface area (Å²) in [4.78, 5) is 0. The van der Waals surface area contributed by atoms with E-state index in [0.717, 1.165) is 0 Å². The van der Waals surface area contributed by atoms with Crippen molar-refractivity contribution in [2.75, 3.05) is 6.61 Å². The van der Waals surface area contributed by atoms with Crippen LogP contribution in [0.1, 0.15) is 6.92 Å². The van der Waals surface area contributed by atoms with Gasteiger partial charge in [-0.3, -0.25) is 4.74 Å². The van der Waals surface area contributed by atoms with Crippen LogP contribution in [0.15, 0.2) is 4.74 Å². The molecule has 0 heterocycles. The van der Waals surface area contributed by atoms with Crippen LogP contribution in [0.4, 0.5) is 0 Å². The summed E-state index contributed by atoms with van der Waals surface area (Å²) in [7, 11) is 0.255. The van der Waals surface area contributed by atoms with Gasteiger partial charge in [0, 0.05) is 0 Å². The summed E-state index contributed by atoms with van der Waals surface area (Å²) < 4.78 is 10.2. The van der Waals surface area contributed by atoms with E-state index in [1.807, 2.05) is 0 Å². The van der Waals surface area contributed by atoms with Crippen molar-refractivity contribution in [3.63, 3.8) is 0 Å². The Balaban J connectivity index is 3.16. The van der Waals surface area contributed by atoms with E-state index in [-0.39, 0.29) is 21.6 Å². The third kappa shape index (κ3) is 2.31. The van der Waals surface area contributed by atoms with Crippen molar-refractivity contribution in [3.8, 4) is 0 Å². The van der Waals surface area contributed by atoms with Gasteiger partial charge in [-0.15, -0.1) is 0 Å². The van der Waals surface area contributed by atoms with Crippen LogP contribution in [0.2, 0.25) is 0 Å². The van der Waals surface area contributed by atoms with E-state index >= 15 is 0 Å². The zero-order chi connectivity index (χ0) is 5.70. The van der Waals surface area contributed by atoms with Crippen LogP contribution in [-0.4, -0.2) is 19.0 Å². The Morgan fingerprint density at radius 2 is 3.00 bits per heavy atom. The Morgan fingerprint density at radius 3 is 3.17 bits per heavy atom. The summed E-state index contributed by atoms with van der Waals surface area (Å²) in [6.07, 6.45) is 0.